The number of amides is 1. The van der Waals surface area contributed by atoms with Gasteiger partial charge in [-0.2, -0.15) is 20.0 Å². The monoisotopic (exact) mass is 522 g/mol. The van der Waals surface area contributed by atoms with Gasteiger partial charge in [-0.3, -0.25) is 0 Å². The zero-order chi connectivity index (χ0) is 26.1. The molecule has 2 atom stereocenters. The van der Waals surface area contributed by atoms with Crippen molar-refractivity contribution in [2.45, 2.75) is 31.0 Å². The number of nitrogens with one attached hydrogen (secondary N) is 3. The number of fused-ring (bicyclic) bond motifs is 1. The summed E-state index contributed by atoms with van der Waals surface area (Å²) in [7, 11) is 2.86. The number of nitrogens with zero attached hydrogens (tertiary/aromatic N) is 7. The van der Waals surface area contributed by atoms with Crippen molar-refractivity contribution in [2.24, 2.45) is 0 Å². The summed E-state index contributed by atoms with van der Waals surface area (Å²) in [5.41, 5.74) is 2.04. The third kappa shape index (κ3) is 4.87. The van der Waals surface area contributed by atoms with E-state index in [1.165, 1.54) is 17.8 Å². The van der Waals surface area contributed by atoms with Gasteiger partial charge in [0.25, 0.3) is 0 Å². The Hall–Kier alpha value is -4.33. The number of halogens is 1. The summed E-state index contributed by atoms with van der Waals surface area (Å²) in [6, 6.07) is 7.45. The number of hydrogen-bond acceptors (Lipinski definition) is 11. The Morgan fingerprint density at radius 2 is 2.03 bits per heavy atom. The maximum atomic E-state index is 11.8. The highest BCUT2D eigenvalue weighted by Crippen LogP contribution is 2.38. The van der Waals surface area contributed by atoms with E-state index in [0.29, 0.717) is 52.6 Å². The second-order valence-corrected chi connectivity index (χ2v) is 9.09. The zero-order valence-electron chi connectivity index (χ0n) is 20.0. The van der Waals surface area contributed by atoms with Crippen LogP contribution in [0.1, 0.15) is 24.1 Å². The van der Waals surface area contributed by atoms with Gasteiger partial charge < -0.3 is 30.3 Å². The lowest BCUT2D eigenvalue weighted by Gasteiger charge is -2.22. The van der Waals surface area contributed by atoms with Crippen molar-refractivity contribution < 1.29 is 14.3 Å². The Labute approximate surface area is 216 Å². The van der Waals surface area contributed by atoms with E-state index >= 15 is 0 Å². The average molecular weight is 523 g/mol. The van der Waals surface area contributed by atoms with Gasteiger partial charge in [-0.15, -0.1) is 5.10 Å². The first-order valence-electron chi connectivity index (χ1n) is 11.5. The van der Waals surface area contributed by atoms with E-state index < -0.39 is 6.09 Å². The van der Waals surface area contributed by atoms with Gasteiger partial charge >= 0.3 is 6.09 Å². The second kappa shape index (κ2) is 9.97. The fraction of sp³-hybridized carbons (Fsp3) is 0.391. The van der Waals surface area contributed by atoms with Crippen LogP contribution in [-0.4, -0.2) is 71.2 Å². The molecule has 14 heteroatoms. The maximum absolute atomic E-state index is 11.8. The van der Waals surface area contributed by atoms with Gasteiger partial charge in [0.15, 0.2) is 17.2 Å². The highest BCUT2D eigenvalue weighted by atomic mass is 35.5. The fourth-order valence-electron chi connectivity index (χ4n) is 4.20. The number of nitriles is 2. The van der Waals surface area contributed by atoms with Gasteiger partial charge in [-0.1, -0.05) is 11.6 Å². The van der Waals surface area contributed by atoms with E-state index in [9.17, 15) is 15.3 Å². The SMILES string of the molecule is COC(=O)N[C@H]1CN(c2cc(C#N)cc(Nc3nc(NC4CC4)c4ncc(C#N)n4n3)c2Cl)C[C@H]1OC. The number of aromatic nitrogens is 4. The number of methoxy groups -OCH3 is 2. The molecule has 1 aromatic carbocycles. The molecule has 1 aliphatic heterocycles. The van der Waals surface area contributed by atoms with Crippen molar-refractivity contribution in [3.63, 3.8) is 0 Å². The van der Waals surface area contributed by atoms with E-state index in [2.05, 4.69) is 43.2 Å². The molecule has 2 fully saturated rings. The van der Waals surface area contributed by atoms with Crippen LogP contribution in [0.3, 0.4) is 0 Å². The minimum Gasteiger partial charge on any atom is -0.453 e. The molecule has 2 aliphatic rings. The number of ether oxygens (including phenoxy) is 2. The average Bonchev–Trinajstić information content (AvgIpc) is 3.47. The Morgan fingerprint density at radius 3 is 2.70 bits per heavy atom. The zero-order valence-corrected chi connectivity index (χ0v) is 20.8. The molecule has 1 aliphatic carbocycles. The fourth-order valence-corrected chi connectivity index (χ4v) is 4.48. The molecule has 3 heterocycles. The number of carbonyl (C=O) groups excluding carboxylic acids is 1. The molecule has 3 N–H and O–H groups in total. The van der Waals surface area contributed by atoms with Crippen LogP contribution < -0.4 is 20.9 Å². The van der Waals surface area contributed by atoms with Gasteiger partial charge in [-0.25, -0.2) is 9.78 Å². The molecule has 0 unspecified atom stereocenters. The molecule has 0 spiro atoms. The Kier molecular flexibility index (Phi) is 6.56. The van der Waals surface area contributed by atoms with Gasteiger partial charge in [0.1, 0.15) is 6.07 Å². The number of hydrogen-bond donors (Lipinski definition) is 3. The largest absolute Gasteiger partial charge is 0.453 e. The molecule has 0 radical (unpaired) electrons. The summed E-state index contributed by atoms with van der Waals surface area (Å²) in [6.07, 6.45) is 2.60. The first kappa shape index (κ1) is 24.4. The molecule has 37 heavy (non-hydrogen) atoms. The standard InChI is InChI=1S/C23H23ClN10O3/c1-36-18-11-33(10-16(18)30-23(35)37-2)17-6-12(7-25)5-15(19(17)24)29-22-31-20(28-13-3-4-13)21-27-9-14(8-26)34(21)32-22/h5-6,9,13,16,18H,3-4,10-11H2,1-2H3,(H,30,35)(H2,28,29,31,32)/t16-,18+/m0/s1. The second-order valence-electron chi connectivity index (χ2n) is 8.71. The number of benzene rings is 1. The Balaban J connectivity index is 1.49. The van der Waals surface area contributed by atoms with Crippen molar-refractivity contribution in [3.8, 4) is 12.1 Å². The lowest BCUT2D eigenvalue weighted by atomic mass is 10.1. The molecule has 3 aromatic rings. The minimum absolute atomic E-state index is 0.175. The van der Waals surface area contributed by atoms with Gasteiger partial charge in [-0.05, 0) is 25.0 Å². The number of imidazole rings is 1. The van der Waals surface area contributed by atoms with Crippen LogP contribution in [0.5, 0.6) is 0 Å². The number of carbonyl (C=O) groups is 1. The smallest absolute Gasteiger partial charge is 0.407 e. The highest BCUT2D eigenvalue weighted by molar-refractivity contribution is 6.36. The third-order valence-electron chi connectivity index (χ3n) is 6.22. The molecule has 2 aromatic heterocycles. The number of alkyl carbamates (subject to hydrolysis) is 1. The van der Waals surface area contributed by atoms with Crippen LogP contribution in [0, 0.1) is 22.7 Å². The van der Waals surface area contributed by atoms with Crippen LogP contribution in [0.4, 0.5) is 27.9 Å². The first-order chi connectivity index (χ1) is 17.9. The molecule has 5 rings (SSSR count). The summed E-state index contributed by atoms with van der Waals surface area (Å²) < 4.78 is 11.7. The van der Waals surface area contributed by atoms with Crippen molar-refractivity contribution in [1.29, 1.82) is 10.5 Å². The summed E-state index contributed by atoms with van der Waals surface area (Å²) in [5, 5.41) is 33.1. The van der Waals surface area contributed by atoms with Crippen molar-refractivity contribution in [2.75, 3.05) is 42.8 Å². The van der Waals surface area contributed by atoms with Crippen molar-refractivity contribution in [3.05, 3.63) is 34.6 Å². The van der Waals surface area contributed by atoms with E-state index in [1.807, 2.05) is 4.90 Å². The molecule has 1 saturated heterocycles. The van der Waals surface area contributed by atoms with Crippen molar-refractivity contribution in [1.82, 2.24) is 24.9 Å². The van der Waals surface area contributed by atoms with Gasteiger partial charge in [0.05, 0.1) is 53.5 Å². The predicted molar refractivity (Wildman–Crippen MR) is 134 cm³/mol. The predicted octanol–water partition coefficient (Wildman–Crippen LogP) is 2.40. The van der Waals surface area contributed by atoms with Gasteiger partial charge in [0.2, 0.25) is 5.95 Å². The lowest BCUT2D eigenvalue weighted by molar-refractivity contribution is 0.0922. The van der Waals surface area contributed by atoms with E-state index in [1.54, 1.807) is 19.2 Å². The van der Waals surface area contributed by atoms with Crippen LogP contribution >= 0.6 is 11.6 Å². The number of rotatable bonds is 7. The summed E-state index contributed by atoms with van der Waals surface area (Å²) in [6.45, 7) is 0.817. The van der Waals surface area contributed by atoms with Crippen LogP contribution in [0.2, 0.25) is 5.02 Å². The molecule has 0 bridgehead atoms. The summed E-state index contributed by atoms with van der Waals surface area (Å²) in [4.78, 5) is 22.6. The van der Waals surface area contributed by atoms with E-state index in [-0.39, 0.29) is 23.8 Å². The minimum atomic E-state index is -0.562. The molecular formula is C23H23ClN10O3. The topological polar surface area (TPSA) is 166 Å². The maximum Gasteiger partial charge on any atom is 0.407 e. The molecule has 1 amide bonds. The number of anilines is 4. The quantitative estimate of drug-likeness (QED) is 0.417. The normalized spacial score (nSPS) is 18.8. The molecular weight excluding hydrogens is 500 g/mol. The lowest BCUT2D eigenvalue weighted by Crippen LogP contribution is -2.43. The van der Waals surface area contributed by atoms with Crippen LogP contribution in [0.15, 0.2) is 18.3 Å². The Bertz CT molecular complexity index is 1440. The molecule has 190 valence electrons. The van der Waals surface area contributed by atoms with Crippen LogP contribution in [0.25, 0.3) is 5.65 Å². The summed E-state index contributed by atoms with van der Waals surface area (Å²) >= 11 is 6.82. The Morgan fingerprint density at radius 1 is 1.22 bits per heavy atom. The van der Waals surface area contributed by atoms with Crippen LogP contribution in [-0.2, 0) is 9.47 Å². The third-order valence-corrected chi connectivity index (χ3v) is 6.62. The highest BCUT2D eigenvalue weighted by Gasteiger charge is 2.35. The molecule has 13 nitrogen and oxygen atoms in total. The first-order valence-corrected chi connectivity index (χ1v) is 11.9. The van der Waals surface area contributed by atoms with Gasteiger partial charge in [0, 0.05) is 26.2 Å². The van der Waals surface area contributed by atoms with Crippen molar-refractivity contribution >= 4 is 46.5 Å². The summed E-state index contributed by atoms with van der Waals surface area (Å²) in [5.74, 6) is 0.669. The van der Waals surface area contributed by atoms with E-state index in [0.717, 1.165) is 12.8 Å². The van der Waals surface area contributed by atoms with E-state index in [4.69, 9.17) is 21.1 Å². The molecule has 1 saturated carbocycles.